The molecule has 2 aromatic rings. The maximum absolute atomic E-state index is 13.1. The fraction of sp³-hybridized carbons (Fsp3) is 0.478. The van der Waals surface area contributed by atoms with Crippen LogP contribution in [0, 0.1) is 19.3 Å². The molecular formula is C23H31NO4. The highest BCUT2D eigenvalue weighted by molar-refractivity contribution is 5.76. The third-order valence-electron chi connectivity index (χ3n) is 4.78. The highest BCUT2D eigenvalue weighted by atomic mass is 16.5. The number of nitrogens with zero attached hydrogens (tertiary/aromatic N) is 1. The molecule has 1 aromatic heterocycles. The van der Waals surface area contributed by atoms with Crippen LogP contribution >= 0.6 is 0 Å². The third kappa shape index (κ3) is 4.90. The van der Waals surface area contributed by atoms with Gasteiger partial charge in [-0.2, -0.15) is 0 Å². The summed E-state index contributed by atoms with van der Waals surface area (Å²) in [6.45, 7) is 11.7. The van der Waals surface area contributed by atoms with Crippen molar-refractivity contribution in [2.75, 3.05) is 6.61 Å². The normalized spacial score (nSPS) is 12.7. The number of esters is 1. The Hall–Kier alpha value is -2.40. The first-order valence-electron chi connectivity index (χ1n) is 9.68. The van der Waals surface area contributed by atoms with Gasteiger partial charge in [0.1, 0.15) is 6.04 Å². The third-order valence-corrected chi connectivity index (χ3v) is 4.78. The monoisotopic (exact) mass is 385 g/mol. The Bertz CT molecular complexity index is 889. The van der Waals surface area contributed by atoms with Gasteiger partial charge in [0.25, 0.3) is 5.56 Å². The number of aryl methyl sites for hydroxylation is 1. The smallest absolute Gasteiger partial charge is 0.329 e. The summed E-state index contributed by atoms with van der Waals surface area (Å²) in [5, 5.41) is 9.73. The molecule has 1 heterocycles. The fourth-order valence-electron chi connectivity index (χ4n) is 3.41. The number of hydrogen-bond donors (Lipinski definition) is 1. The molecular weight excluding hydrogens is 354 g/mol. The van der Waals surface area contributed by atoms with E-state index in [2.05, 4.69) is 0 Å². The Labute approximate surface area is 167 Å². The predicted molar refractivity (Wildman–Crippen MR) is 111 cm³/mol. The Balaban J connectivity index is 2.82. The standard InChI is InChI=1S/C23H31NO4/c1-7-28-22(27)19(13-23(4,5)6)24-20(26)12-18(14-25)16(3)21(24)17-10-8-15(2)9-11-17/h8-12,19,25H,7,13-14H2,1-6H3. The number of aliphatic hydroxyl groups excluding tert-OH is 1. The van der Waals surface area contributed by atoms with Crippen LogP contribution in [0.15, 0.2) is 35.1 Å². The first-order valence-corrected chi connectivity index (χ1v) is 9.68. The Morgan fingerprint density at radius 2 is 1.79 bits per heavy atom. The van der Waals surface area contributed by atoms with Gasteiger partial charge in [0.15, 0.2) is 0 Å². The van der Waals surface area contributed by atoms with E-state index < -0.39 is 12.0 Å². The Kier molecular flexibility index (Phi) is 6.83. The molecule has 0 saturated heterocycles. The molecule has 5 heteroatoms. The lowest BCUT2D eigenvalue weighted by Crippen LogP contribution is -2.35. The molecule has 1 N–H and O–H groups in total. The van der Waals surface area contributed by atoms with Crippen LogP contribution in [0.1, 0.15) is 56.8 Å². The lowest BCUT2D eigenvalue weighted by molar-refractivity contribution is -0.148. The van der Waals surface area contributed by atoms with E-state index in [1.165, 1.54) is 6.07 Å². The highest BCUT2D eigenvalue weighted by Gasteiger charge is 2.31. The van der Waals surface area contributed by atoms with Gasteiger partial charge in [0.05, 0.1) is 18.9 Å². The van der Waals surface area contributed by atoms with Crippen LogP contribution in [0.2, 0.25) is 0 Å². The molecule has 0 spiro atoms. The van der Waals surface area contributed by atoms with E-state index in [9.17, 15) is 14.7 Å². The van der Waals surface area contributed by atoms with Gasteiger partial charge in [-0.3, -0.25) is 9.36 Å². The van der Waals surface area contributed by atoms with Crippen molar-refractivity contribution in [1.29, 1.82) is 0 Å². The minimum atomic E-state index is -0.741. The summed E-state index contributed by atoms with van der Waals surface area (Å²) in [5.74, 6) is -0.413. The SMILES string of the molecule is CCOC(=O)C(CC(C)(C)C)n1c(-c2ccc(C)cc2)c(C)c(CO)cc1=O. The van der Waals surface area contributed by atoms with Crippen molar-refractivity contribution in [2.24, 2.45) is 5.41 Å². The van der Waals surface area contributed by atoms with Gasteiger partial charge in [-0.25, -0.2) is 4.79 Å². The van der Waals surface area contributed by atoms with Crippen LogP contribution in [0.3, 0.4) is 0 Å². The zero-order valence-corrected chi connectivity index (χ0v) is 17.7. The zero-order chi connectivity index (χ0) is 21.1. The number of carbonyl (C=O) groups excluding carboxylic acids is 1. The van der Waals surface area contributed by atoms with Crippen LogP contribution in [0.4, 0.5) is 0 Å². The van der Waals surface area contributed by atoms with Crippen molar-refractivity contribution in [3.63, 3.8) is 0 Å². The molecule has 1 atom stereocenters. The summed E-state index contributed by atoms with van der Waals surface area (Å²) >= 11 is 0. The van der Waals surface area contributed by atoms with E-state index in [0.29, 0.717) is 17.7 Å². The molecule has 5 nitrogen and oxygen atoms in total. The molecule has 28 heavy (non-hydrogen) atoms. The number of benzene rings is 1. The molecule has 0 aliphatic heterocycles. The van der Waals surface area contributed by atoms with Crippen LogP contribution in [0.25, 0.3) is 11.3 Å². The van der Waals surface area contributed by atoms with Gasteiger partial charge in [-0.1, -0.05) is 50.6 Å². The Morgan fingerprint density at radius 3 is 2.29 bits per heavy atom. The molecule has 0 aliphatic rings. The second-order valence-electron chi connectivity index (χ2n) is 8.41. The maximum atomic E-state index is 13.1. The molecule has 0 bridgehead atoms. The number of rotatable bonds is 6. The average molecular weight is 386 g/mol. The molecule has 0 aliphatic carbocycles. The van der Waals surface area contributed by atoms with E-state index in [4.69, 9.17) is 4.74 Å². The van der Waals surface area contributed by atoms with Crippen LogP contribution < -0.4 is 5.56 Å². The zero-order valence-electron chi connectivity index (χ0n) is 17.7. The van der Waals surface area contributed by atoms with Gasteiger partial charge >= 0.3 is 5.97 Å². The van der Waals surface area contributed by atoms with E-state index >= 15 is 0 Å². The van der Waals surface area contributed by atoms with Crippen molar-refractivity contribution in [2.45, 2.75) is 60.6 Å². The van der Waals surface area contributed by atoms with Crippen LogP contribution in [0.5, 0.6) is 0 Å². The molecule has 152 valence electrons. The summed E-state index contributed by atoms with van der Waals surface area (Å²) in [6.07, 6.45) is 0.461. The molecule has 0 fully saturated rings. The summed E-state index contributed by atoms with van der Waals surface area (Å²) < 4.78 is 6.86. The molecule has 1 aromatic carbocycles. The quantitative estimate of drug-likeness (QED) is 0.758. The summed E-state index contributed by atoms with van der Waals surface area (Å²) in [6, 6.07) is 8.50. The number of pyridine rings is 1. The van der Waals surface area contributed by atoms with E-state index in [-0.39, 0.29) is 24.2 Å². The average Bonchev–Trinajstić information content (AvgIpc) is 2.61. The minimum absolute atomic E-state index is 0.190. The first kappa shape index (κ1) is 21.9. The number of aromatic nitrogens is 1. The largest absolute Gasteiger partial charge is 0.464 e. The van der Waals surface area contributed by atoms with Crippen LogP contribution in [-0.4, -0.2) is 22.2 Å². The number of ether oxygens (including phenoxy) is 1. The topological polar surface area (TPSA) is 68.5 Å². The number of aliphatic hydroxyl groups is 1. The van der Waals surface area contributed by atoms with Gasteiger partial charge in [-0.15, -0.1) is 0 Å². The second kappa shape index (κ2) is 8.74. The Morgan fingerprint density at radius 1 is 1.18 bits per heavy atom. The van der Waals surface area contributed by atoms with Crippen molar-refractivity contribution in [1.82, 2.24) is 4.57 Å². The number of carbonyl (C=O) groups is 1. The van der Waals surface area contributed by atoms with Crippen molar-refractivity contribution >= 4 is 5.97 Å². The lowest BCUT2D eigenvalue weighted by Gasteiger charge is -2.29. The molecule has 0 radical (unpaired) electrons. The fourth-order valence-corrected chi connectivity index (χ4v) is 3.41. The van der Waals surface area contributed by atoms with E-state index in [0.717, 1.165) is 16.7 Å². The molecule has 0 amide bonds. The second-order valence-corrected chi connectivity index (χ2v) is 8.41. The number of hydrogen-bond acceptors (Lipinski definition) is 4. The highest BCUT2D eigenvalue weighted by Crippen LogP contribution is 2.33. The maximum Gasteiger partial charge on any atom is 0.329 e. The van der Waals surface area contributed by atoms with Gasteiger partial charge < -0.3 is 9.84 Å². The predicted octanol–water partition coefficient (Wildman–Crippen LogP) is 4.16. The molecule has 0 saturated carbocycles. The molecule has 2 rings (SSSR count). The summed E-state index contributed by atoms with van der Waals surface area (Å²) in [4.78, 5) is 25.9. The van der Waals surface area contributed by atoms with Crippen molar-refractivity contribution in [3.05, 3.63) is 57.4 Å². The summed E-state index contributed by atoms with van der Waals surface area (Å²) in [7, 11) is 0. The molecule has 1 unspecified atom stereocenters. The van der Waals surface area contributed by atoms with E-state index in [1.54, 1.807) is 11.5 Å². The lowest BCUT2D eigenvalue weighted by atomic mass is 9.87. The van der Waals surface area contributed by atoms with Crippen LogP contribution in [-0.2, 0) is 16.1 Å². The minimum Gasteiger partial charge on any atom is -0.464 e. The van der Waals surface area contributed by atoms with Gasteiger partial charge in [0, 0.05) is 6.07 Å². The van der Waals surface area contributed by atoms with Crippen molar-refractivity contribution in [3.8, 4) is 11.3 Å². The summed E-state index contributed by atoms with van der Waals surface area (Å²) in [5.41, 5.74) is 3.44. The van der Waals surface area contributed by atoms with Gasteiger partial charge in [-0.05, 0) is 49.3 Å². The van der Waals surface area contributed by atoms with E-state index in [1.807, 2.05) is 58.9 Å². The van der Waals surface area contributed by atoms with Crippen molar-refractivity contribution < 1.29 is 14.6 Å². The first-order chi connectivity index (χ1) is 13.1. The van der Waals surface area contributed by atoms with Gasteiger partial charge in [0.2, 0.25) is 0 Å².